The fourth-order valence-electron chi connectivity index (χ4n) is 2.48. The molecule has 21 heavy (non-hydrogen) atoms. The van der Waals surface area contributed by atoms with Crippen LogP contribution in [0.15, 0.2) is 18.2 Å². The van der Waals surface area contributed by atoms with E-state index in [-0.39, 0.29) is 12.2 Å². The molecule has 1 aliphatic rings. The summed E-state index contributed by atoms with van der Waals surface area (Å²) in [4.78, 5) is 14.6. The number of benzene rings is 1. The number of hydrogen-bond donors (Lipinski definition) is 2. The largest absolute Gasteiger partial charge is 0.481 e. The van der Waals surface area contributed by atoms with Gasteiger partial charge in [-0.15, -0.1) is 0 Å². The average molecular weight is 295 g/mol. The monoisotopic (exact) mass is 295 g/mol. The molecule has 1 saturated heterocycles. The van der Waals surface area contributed by atoms with Gasteiger partial charge in [-0.05, 0) is 24.7 Å². The van der Waals surface area contributed by atoms with E-state index in [0.29, 0.717) is 18.8 Å². The van der Waals surface area contributed by atoms with Crippen LogP contribution >= 0.6 is 0 Å². The Morgan fingerprint density at radius 2 is 2.14 bits per heavy atom. The van der Waals surface area contributed by atoms with Gasteiger partial charge in [-0.1, -0.05) is 6.07 Å². The zero-order chi connectivity index (χ0) is 15.2. The summed E-state index contributed by atoms with van der Waals surface area (Å²) in [5.74, 6) is -1.00. The van der Waals surface area contributed by atoms with E-state index >= 15 is 0 Å². The third-order valence-electron chi connectivity index (χ3n) is 3.63. The number of anilines is 1. The van der Waals surface area contributed by atoms with Gasteiger partial charge in [0.25, 0.3) is 0 Å². The fourth-order valence-corrected chi connectivity index (χ4v) is 2.48. The van der Waals surface area contributed by atoms with Gasteiger partial charge in [0, 0.05) is 39.3 Å². The van der Waals surface area contributed by atoms with E-state index < -0.39 is 5.97 Å². The van der Waals surface area contributed by atoms with Crippen LogP contribution in [0.5, 0.6) is 0 Å². The Balaban J connectivity index is 2.02. The van der Waals surface area contributed by atoms with E-state index in [1.165, 1.54) is 6.07 Å². The molecule has 5 nitrogen and oxygen atoms in total. The Labute approximate surface area is 124 Å². The highest BCUT2D eigenvalue weighted by atomic mass is 19.1. The number of carboxylic acid groups (broad SMARTS) is 1. The van der Waals surface area contributed by atoms with Crippen molar-refractivity contribution in [2.75, 3.05) is 44.7 Å². The van der Waals surface area contributed by atoms with Crippen LogP contribution in [0.3, 0.4) is 0 Å². The van der Waals surface area contributed by atoms with Crippen molar-refractivity contribution in [2.45, 2.75) is 13.0 Å². The molecule has 0 radical (unpaired) electrons. The third kappa shape index (κ3) is 4.68. The van der Waals surface area contributed by atoms with Crippen molar-refractivity contribution in [3.63, 3.8) is 0 Å². The van der Waals surface area contributed by atoms with E-state index in [2.05, 4.69) is 5.32 Å². The molecule has 0 atom stereocenters. The summed E-state index contributed by atoms with van der Waals surface area (Å²) in [6.07, 6.45) is 0.113. The molecular weight excluding hydrogens is 273 g/mol. The van der Waals surface area contributed by atoms with Gasteiger partial charge in [-0.25, -0.2) is 4.39 Å². The van der Waals surface area contributed by atoms with Crippen molar-refractivity contribution < 1.29 is 14.3 Å². The molecule has 1 fully saturated rings. The lowest BCUT2D eigenvalue weighted by atomic mass is 10.1. The molecule has 0 aromatic heterocycles. The number of rotatable bonds is 6. The van der Waals surface area contributed by atoms with Crippen molar-refractivity contribution in [1.29, 1.82) is 0 Å². The molecule has 6 heteroatoms. The number of aliphatic carboxylic acids is 1. The number of nitrogens with one attached hydrogen (secondary N) is 1. The number of carboxylic acids is 1. The summed E-state index contributed by atoms with van der Waals surface area (Å²) < 4.78 is 14.0. The zero-order valence-corrected chi connectivity index (χ0v) is 12.3. The van der Waals surface area contributed by atoms with Crippen LogP contribution in [-0.4, -0.2) is 55.7 Å². The smallest absolute Gasteiger partial charge is 0.304 e. The van der Waals surface area contributed by atoms with E-state index in [9.17, 15) is 9.18 Å². The molecule has 1 aliphatic heterocycles. The summed E-state index contributed by atoms with van der Waals surface area (Å²) in [5, 5.41) is 11.9. The zero-order valence-electron chi connectivity index (χ0n) is 12.3. The van der Waals surface area contributed by atoms with Gasteiger partial charge in [0.1, 0.15) is 5.82 Å². The molecule has 1 aromatic rings. The van der Waals surface area contributed by atoms with Gasteiger partial charge < -0.3 is 20.2 Å². The standard InChI is InChI=1S/C15H22FN3O2/c1-18(7-4-15(20)21)11-12-2-3-13(16)14(10-12)19-8-5-17-6-9-19/h2-3,10,17H,4-9,11H2,1H3,(H,20,21). The molecule has 2 rings (SSSR count). The van der Waals surface area contributed by atoms with Crippen LogP contribution in [0.2, 0.25) is 0 Å². The summed E-state index contributed by atoms with van der Waals surface area (Å²) in [6.45, 7) is 4.43. The summed E-state index contributed by atoms with van der Waals surface area (Å²) >= 11 is 0. The van der Waals surface area contributed by atoms with Gasteiger partial charge >= 0.3 is 5.97 Å². The Hall–Kier alpha value is -1.66. The quantitative estimate of drug-likeness (QED) is 0.824. The third-order valence-corrected chi connectivity index (χ3v) is 3.63. The van der Waals surface area contributed by atoms with Crippen LogP contribution in [0.25, 0.3) is 0 Å². The lowest BCUT2D eigenvalue weighted by molar-refractivity contribution is -0.137. The van der Waals surface area contributed by atoms with Crippen molar-refractivity contribution in [3.8, 4) is 0 Å². The second kappa shape index (κ2) is 7.38. The molecule has 1 aromatic carbocycles. The predicted octanol–water partition coefficient (Wildman–Crippen LogP) is 1.14. The average Bonchev–Trinajstić information content (AvgIpc) is 2.48. The minimum absolute atomic E-state index is 0.113. The lowest BCUT2D eigenvalue weighted by Crippen LogP contribution is -2.43. The highest BCUT2D eigenvalue weighted by Crippen LogP contribution is 2.22. The predicted molar refractivity (Wildman–Crippen MR) is 80.1 cm³/mol. The lowest BCUT2D eigenvalue weighted by Gasteiger charge is -2.30. The summed E-state index contributed by atoms with van der Waals surface area (Å²) in [5.41, 5.74) is 1.64. The number of piperazine rings is 1. The van der Waals surface area contributed by atoms with Crippen LogP contribution in [0.4, 0.5) is 10.1 Å². The maximum atomic E-state index is 14.0. The number of hydrogen-bond acceptors (Lipinski definition) is 4. The van der Waals surface area contributed by atoms with Gasteiger partial charge in [0.05, 0.1) is 12.1 Å². The van der Waals surface area contributed by atoms with E-state index in [0.717, 1.165) is 31.7 Å². The number of carbonyl (C=O) groups is 1. The number of nitrogens with zero attached hydrogens (tertiary/aromatic N) is 2. The Bertz CT molecular complexity index is 490. The van der Waals surface area contributed by atoms with Gasteiger partial charge in [0.15, 0.2) is 0 Å². The topological polar surface area (TPSA) is 55.8 Å². The first-order valence-electron chi connectivity index (χ1n) is 7.20. The molecule has 0 aliphatic carbocycles. The fraction of sp³-hybridized carbons (Fsp3) is 0.533. The normalized spacial score (nSPS) is 15.5. The molecule has 0 unspecified atom stereocenters. The van der Waals surface area contributed by atoms with Crippen LogP contribution < -0.4 is 10.2 Å². The molecule has 2 N–H and O–H groups in total. The van der Waals surface area contributed by atoms with E-state index in [4.69, 9.17) is 5.11 Å². The SMILES string of the molecule is CN(CCC(=O)O)Cc1ccc(F)c(N2CCNCC2)c1. The Morgan fingerprint density at radius 3 is 2.81 bits per heavy atom. The summed E-state index contributed by atoms with van der Waals surface area (Å²) in [7, 11) is 1.87. The van der Waals surface area contributed by atoms with Crippen molar-refractivity contribution >= 4 is 11.7 Å². The first-order chi connectivity index (χ1) is 10.1. The molecule has 0 spiro atoms. The van der Waals surface area contributed by atoms with E-state index in [1.807, 2.05) is 22.9 Å². The maximum Gasteiger partial charge on any atom is 0.304 e. The highest BCUT2D eigenvalue weighted by molar-refractivity contribution is 5.66. The highest BCUT2D eigenvalue weighted by Gasteiger charge is 2.15. The van der Waals surface area contributed by atoms with Crippen molar-refractivity contribution in [1.82, 2.24) is 10.2 Å². The summed E-state index contributed by atoms with van der Waals surface area (Å²) in [6, 6.07) is 5.13. The molecule has 1 heterocycles. The van der Waals surface area contributed by atoms with Gasteiger partial charge in [0.2, 0.25) is 0 Å². The minimum atomic E-state index is -0.803. The molecule has 0 amide bonds. The van der Waals surface area contributed by atoms with Gasteiger partial charge in [-0.3, -0.25) is 4.79 Å². The Kier molecular flexibility index (Phi) is 5.52. The Morgan fingerprint density at radius 1 is 1.43 bits per heavy atom. The minimum Gasteiger partial charge on any atom is -0.481 e. The molecular formula is C15H22FN3O2. The van der Waals surface area contributed by atoms with E-state index in [1.54, 1.807) is 6.07 Å². The van der Waals surface area contributed by atoms with Crippen LogP contribution in [-0.2, 0) is 11.3 Å². The van der Waals surface area contributed by atoms with Crippen molar-refractivity contribution in [3.05, 3.63) is 29.6 Å². The molecule has 116 valence electrons. The first kappa shape index (κ1) is 15.7. The molecule has 0 saturated carbocycles. The van der Waals surface area contributed by atoms with Crippen molar-refractivity contribution in [2.24, 2.45) is 0 Å². The van der Waals surface area contributed by atoms with Crippen LogP contribution in [0.1, 0.15) is 12.0 Å². The van der Waals surface area contributed by atoms with Gasteiger partial charge in [-0.2, -0.15) is 0 Å². The second-order valence-electron chi connectivity index (χ2n) is 5.40. The first-order valence-corrected chi connectivity index (χ1v) is 7.20. The van der Waals surface area contributed by atoms with Crippen LogP contribution in [0, 0.1) is 5.82 Å². The second-order valence-corrected chi connectivity index (χ2v) is 5.40. The number of halogens is 1. The maximum absolute atomic E-state index is 14.0. The molecule has 0 bridgehead atoms.